The Morgan fingerprint density at radius 2 is 0.593 bits per heavy atom. The molecule has 1 N–H and O–H groups in total. The summed E-state index contributed by atoms with van der Waals surface area (Å²) in [6, 6.07) is 0. The van der Waals surface area contributed by atoms with Gasteiger partial charge in [0.05, 0.1) is 26.2 Å². The summed E-state index contributed by atoms with van der Waals surface area (Å²) in [5.74, 6) is 0. The molecule has 166 valence electrons. The van der Waals surface area contributed by atoms with Crippen molar-refractivity contribution in [3.63, 3.8) is 0 Å². The summed E-state index contributed by atoms with van der Waals surface area (Å²) < 4.78 is 1.46. The number of hydrogen-bond donors (Lipinski definition) is 1. The number of quaternary nitrogens is 1. The van der Waals surface area contributed by atoms with Crippen LogP contribution in [0.1, 0.15) is 130 Å². The molecule has 27 heavy (non-hydrogen) atoms. The molecule has 0 saturated carbocycles. The van der Waals surface area contributed by atoms with E-state index >= 15 is 0 Å². The smallest absolute Gasteiger partial charge is 0.0786 e. The normalized spacial score (nSPS) is 11.3. The van der Waals surface area contributed by atoms with Crippen molar-refractivity contribution >= 4 is 0 Å². The fourth-order valence-corrected chi connectivity index (χ4v) is 4.17. The predicted octanol–water partition coefficient (Wildman–Crippen LogP) is 7.73. The fraction of sp³-hybridized carbons (Fsp3) is 1.00. The molecular weight excluding hydrogens is 330 g/mol. The third-order valence-electron chi connectivity index (χ3n) is 5.94. The third-order valence-corrected chi connectivity index (χ3v) is 5.94. The van der Waals surface area contributed by atoms with E-state index in [2.05, 4.69) is 27.7 Å². The van der Waals surface area contributed by atoms with Gasteiger partial charge in [-0.25, -0.2) is 0 Å². The fourth-order valence-electron chi connectivity index (χ4n) is 4.17. The van der Waals surface area contributed by atoms with Crippen LogP contribution in [0.3, 0.4) is 0 Å². The van der Waals surface area contributed by atoms with Crippen LogP contribution in [0.15, 0.2) is 0 Å². The average Bonchev–Trinajstić information content (AvgIpc) is 2.71. The van der Waals surface area contributed by atoms with Crippen LogP contribution in [-0.2, 0) is 0 Å². The summed E-state index contributed by atoms with van der Waals surface area (Å²) >= 11 is 0. The monoisotopic (exact) mass is 386 g/mol. The molecule has 0 aromatic rings. The second-order valence-electron chi connectivity index (χ2n) is 8.48. The predicted molar refractivity (Wildman–Crippen MR) is 124 cm³/mol. The number of rotatable bonds is 20. The average molecular weight is 387 g/mol. The second kappa shape index (κ2) is 24.0. The van der Waals surface area contributed by atoms with Gasteiger partial charge in [0.2, 0.25) is 0 Å². The van der Waals surface area contributed by atoms with Gasteiger partial charge in [0, 0.05) is 7.11 Å². The molecule has 0 aromatic heterocycles. The minimum Gasteiger partial charge on any atom is -0.400 e. The summed E-state index contributed by atoms with van der Waals surface area (Å²) in [5.41, 5.74) is 0. The standard InChI is InChI=1S/C24H52N.CH4O/c1-5-9-13-17-21-25(22-18-14-10-6-2,23-19-15-11-7-3)24-20-16-12-8-4;1-2/h5-24H2,1-4H3;2H,1H3/q+1;. The van der Waals surface area contributed by atoms with E-state index in [9.17, 15) is 0 Å². The molecule has 2 heteroatoms. The molecule has 0 saturated heterocycles. The Hall–Kier alpha value is -0.0800. The van der Waals surface area contributed by atoms with Gasteiger partial charge in [-0.2, -0.15) is 0 Å². The molecule has 0 bridgehead atoms. The van der Waals surface area contributed by atoms with Gasteiger partial charge in [0.25, 0.3) is 0 Å². The Labute approximate surface area is 173 Å². The first kappa shape index (κ1) is 29.1. The molecule has 0 aromatic carbocycles. The van der Waals surface area contributed by atoms with Crippen molar-refractivity contribution < 1.29 is 9.59 Å². The van der Waals surface area contributed by atoms with Crippen molar-refractivity contribution in [1.29, 1.82) is 0 Å². The Balaban J connectivity index is 0. The largest absolute Gasteiger partial charge is 0.400 e. The topological polar surface area (TPSA) is 20.2 Å². The first-order chi connectivity index (χ1) is 13.2. The van der Waals surface area contributed by atoms with E-state index in [4.69, 9.17) is 5.11 Å². The number of unbranched alkanes of at least 4 members (excludes halogenated alkanes) is 12. The summed E-state index contributed by atoms with van der Waals surface area (Å²) in [6.07, 6.45) is 22.8. The molecule has 0 radical (unpaired) electrons. The molecule has 0 fully saturated rings. The molecule has 0 aliphatic rings. The van der Waals surface area contributed by atoms with Gasteiger partial charge in [-0.15, -0.1) is 0 Å². The first-order valence-corrected chi connectivity index (χ1v) is 12.5. The zero-order valence-corrected chi connectivity index (χ0v) is 20.0. The minimum atomic E-state index is 1.00. The molecule has 0 aliphatic heterocycles. The van der Waals surface area contributed by atoms with Crippen LogP contribution in [0.5, 0.6) is 0 Å². The molecule has 0 amide bonds. The van der Waals surface area contributed by atoms with Crippen LogP contribution in [-0.4, -0.2) is 42.9 Å². The Morgan fingerprint density at radius 1 is 0.370 bits per heavy atom. The van der Waals surface area contributed by atoms with Gasteiger partial charge in [0.15, 0.2) is 0 Å². The third kappa shape index (κ3) is 19.0. The van der Waals surface area contributed by atoms with E-state index in [1.807, 2.05) is 0 Å². The van der Waals surface area contributed by atoms with Gasteiger partial charge in [-0.1, -0.05) is 79.1 Å². The highest BCUT2D eigenvalue weighted by atomic mass is 16.2. The van der Waals surface area contributed by atoms with E-state index in [0.717, 1.165) is 7.11 Å². The van der Waals surface area contributed by atoms with E-state index < -0.39 is 0 Å². The lowest BCUT2D eigenvalue weighted by atomic mass is 10.1. The lowest BCUT2D eigenvalue weighted by molar-refractivity contribution is -0.929. The van der Waals surface area contributed by atoms with Crippen LogP contribution < -0.4 is 0 Å². The van der Waals surface area contributed by atoms with Crippen LogP contribution in [0, 0.1) is 0 Å². The lowest BCUT2D eigenvalue weighted by Gasteiger charge is -2.39. The van der Waals surface area contributed by atoms with Gasteiger partial charge >= 0.3 is 0 Å². The van der Waals surface area contributed by atoms with Crippen molar-refractivity contribution in [3.05, 3.63) is 0 Å². The van der Waals surface area contributed by atoms with E-state index in [-0.39, 0.29) is 0 Å². The van der Waals surface area contributed by atoms with Gasteiger partial charge in [0.1, 0.15) is 0 Å². The maximum absolute atomic E-state index is 7.00. The SMILES string of the molecule is CCCCCC[N+](CCCCCC)(CCCCCC)CCCCCC.CO. The summed E-state index contributed by atoms with van der Waals surface area (Å²) in [4.78, 5) is 0. The van der Waals surface area contributed by atoms with Gasteiger partial charge in [-0.05, 0) is 51.4 Å². The van der Waals surface area contributed by atoms with Crippen molar-refractivity contribution in [3.8, 4) is 0 Å². The van der Waals surface area contributed by atoms with Crippen molar-refractivity contribution in [1.82, 2.24) is 0 Å². The van der Waals surface area contributed by atoms with Gasteiger partial charge < -0.3 is 9.59 Å². The van der Waals surface area contributed by atoms with Crippen molar-refractivity contribution in [2.24, 2.45) is 0 Å². The van der Waals surface area contributed by atoms with E-state index in [0.29, 0.717) is 0 Å². The van der Waals surface area contributed by atoms with Crippen LogP contribution in [0.25, 0.3) is 0 Å². The maximum Gasteiger partial charge on any atom is 0.0786 e. The molecule has 0 aliphatic carbocycles. The van der Waals surface area contributed by atoms with Crippen LogP contribution >= 0.6 is 0 Å². The summed E-state index contributed by atoms with van der Waals surface area (Å²) in [6.45, 7) is 15.2. The number of hydrogen-bond acceptors (Lipinski definition) is 1. The maximum atomic E-state index is 7.00. The number of aliphatic hydroxyl groups excluding tert-OH is 1. The van der Waals surface area contributed by atoms with Crippen LogP contribution in [0.4, 0.5) is 0 Å². The summed E-state index contributed by atoms with van der Waals surface area (Å²) in [7, 11) is 1.00. The highest BCUT2D eigenvalue weighted by Crippen LogP contribution is 2.19. The Morgan fingerprint density at radius 3 is 0.778 bits per heavy atom. The van der Waals surface area contributed by atoms with Crippen molar-refractivity contribution in [2.75, 3.05) is 33.3 Å². The quantitative estimate of drug-likeness (QED) is 0.168. The first-order valence-electron chi connectivity index (χ1n) is 12.5. The molecule has 0 rings (SSSR count). The van der Waals surface area contributed by atoms with Crippen LogP contribution in [0.2, 0.25) is 0 Å². The second-order valence-corrected chi connectivity index (χ2v) is 8.48. The molecule has 0 spiro atoms. The number of aliphatic hydroxyl groups is 1. The summed E-state index contributed by atoms with van der Waals surface area (Å²) in [5, 5.41) is 7.00. The Bertz CT molecular complexity index is 201. The highest BCUT2D eigenvalue weighted by Gasteiger charge is 2.25. The van der Waals surface area contributed by atoms with Gasteiger partial charge in [-0.3, -0.25) is 0 Å². The number of nitrogens with zero attached hydrogens (tertiary/aromatic N) is 1. The minimum absolute atomic E-state index is 1.00. The Kier molecular flexibility index (Phi) is 25.8. The molecule has 0 unspecified atom stereocenters. The van der Waals surface area contributed by atoms with E-state index in [1.165, 1.54) is 133 Å². The molecule has 0 heterocycles. The van der Waals surface area contributed by atoms with Crippen molar-refractivity contribution in [2.45, 2.75) is 130 Å². The lowest BCUT2D eigenvalue weighted by Crippen LogP contribution is -2.50. The zero-order chi connectivity index (χ0) is 20.6. The molecule has 2 nitrogen and oxygen atoms in total. The highest BCUT2D eigenvalue weighted by molar-refractivity contribution is 4.53. The zero-order valence-electron chi connectivity index (χ0n) is 20.0. The molecular formula is C25H56NO+. The van der Waals surface area contributed by atoms with E-state index in [1.54, 1.807) is 0 Å². The molecule has 0 atom stereocenters.